The normalized spacial score (nSPS) is 18.2. The van der Waals surface area contributed by atoms with Gasteiger partial charge >= 0.3 is 0 Å². The van der Waals surface area contributed by atoms with Gasteiger partial charge in [-0.3, -0.25) is 0 Å². The molecule has 18 heavy (non-hydrogen) atoms. The first-order valence-electron chi connectivity index (χ1n) is 6.42. The SMILES string of the molecule is CC(O)C#CC1=CCCC/C1=C/C#CCCCO. The van der Waals surface area contributed by atoms with E-state index >= 15 is 0 Å². The topological polar surface area (TPSA) is 40.5 Å². The Labute approximate surface area is 109 Å². The fourth-order valence-corrected chi connectivity index (χ4v) is 1.65. The lowest BCUT2D eigenvalue weighted by molar-refractivity contribution is 0.253. The molecule has 1 aliphatic rings. The summed E-state index contributed by atoms with van der Waals surface area (Å²) in [5.74, 6) is 11.8. The summed E-state index contributed by atoms with van der Waals surface area (Å²) in [6.07, 6.45) is 8.04. The number of aliphatic hydroxyl groups is 2. The van der Waals surface area contributed by atoms with Gasteiger partial charge in [-0.2, -0.15) is 0 Å². The second kappa shape index (κ2) is 8.59. The van der Waals surface area contributed by atoms with Crippen LogP contribution in [0, 0.1) is 23.7 Å². The van der Waals surface area contributed by atoms with Crippen LogP contribution in [-0.4, -0.2) is 22.9 Å². The van der Waals surface area contributed by atoms with Crippen molar-refractivity contribution in [2.24, 2.45) is 0 Å². The van der Waals surface area contributed by atoms with Crippen LogP contribution in [0.3, 0.4) is 0 Å². The second-order valence-electron chi connectivity index (χ2n) is 4.27. The Hall–Kier alpha value is -1.48. The molecule has 0 aromatic carbocycles. The van der Waals surface area contributed by atoms with E-state index in [0.717, 1.165) is 43.3 Å². The molecule has 0 saturated carbocycles. The summed E-state index contributed by atoms with van der Waals surface area (Å²) in [4.78, 5) is 0. The van der Waals surface area contributed by atoms with E-state index in [9.17, 15) is 5.11 Å². The molecule has 0 amide bonds. The van der Waals surface area contributed by atoms with E-state index in [2.05, 4.69) is 29.8 Å². The number of rotatable bonds is 2. The van der Waals surface area contributed by atoms with Crippen LogP contribution in [0.2, 0.25) is 0 Å². The minimum atomic E-state index is -0.593. The van der Waals surface area contributed by atoms with Crippen molar-refractivity contribution in [2.75, 3.05) is 6.61 Å². The van der Waals surface area contributed by atoms with E-state index in [4.69, 9.17) is 5.11 Å². The molecule has 0 aliphatic heterocycles. The third-order valence-corrected chi connectivity index (χ3v) is 2.57. The van der Waals surface area contributed by atoms with Gasteiger partial charge in [-0.1, -0.05) is 29.8 Å². The lowest BCUT2D eigenvalue weighted by atomic mass is 9.93. The molecule has 0 aromatic heterocycles. The van der Waals surface area contributed by atoms with Crippen molar-refractivity contribution in [1.29, 1.82) is 0 Å². The molecule has 1 rings (SSSR count). The Bertz CT molecular complexity index is 433. The molecule has 0 saturated heterocycles. The highest BCUT2D eigenvalue weighted by molar-refractivity contribution is 5.49. The van der Waals surface area contributed by atoms with Crippen molar-refractivity contribution in [3.05, 3.63) is 23.3 Å². The van der Waals surface area contributed by atoms with Crippen molar-refractivity contribution in [1.82, 2.24) is 0 Å². The summed E-state index contributed by atoms with van der Waals surface area (Å²) in [7, 11) is 0. The van der Waals surface area contributed by atoms with E-state index in [-0.39, 0.29) is 6.61 Å². The monoisotopic (exact) mass is 244 g/mol. The van der Waals surface area contributed by atoms with Crippen molar-refractivity contribution in [3.63, 3.8) is 0 Å². The Morgan fingerprint density at radius 2 is 2.33 bits per heavy atom. The number of hydrogen-bond donors (Lipinski definition) is 2. The molecule has 1 aliphatic carbocycles. The van der Waals surface area contributed by atoms with E-state index < -0.39 is 6.10 Å². The summed E-state index contributed by atoms with van der Waals surface area (Å²) in [6, 6.07) is 0. The molecule has 0 heterocycles. The van der Waals surface area contributed by atoms with Crippen LogP contribution >= 0.6 is 0 Å². The Kier molecular flexibility index (Phi) is 6.96. The first-order chi connectivity index (χ1) is 8.74. The lowest BCUT2D eigenvalue weighted by Gasteiger charge is -2.11. The Balaban J connectivity index is 2.69. The zero-order valence-corrected chi connectivity index (χ0v) is 10.9. The van der Waals surface area contributed by atoms with Crippen LogP contribution < -0.4 is 0 Å². The molecule has 0 fully saturated rings. The smallest absolute Gasteiger partial charge is 0.112 e. The molecule has 2 heteroatoms. The third-order valence-electron chi connectivity index (χ3n) is 2.57. The van der Waals surface area contributed by atoms with Crippen LogP contribution in [0.1, 0.15) is 39.0 Å². The standard InChI is InChI=1S/C16H20O2/c1-14(18)11-12-16-10-6-5-9-15(16)8-4-2-3-7-13-17/h8,10,14,17-18H,3,5-7,9,13H2,1H3/b15-8-. The summed E-state index contributed by atoms with van der Waals surface area (Å²) in [5, 5.41) is 17.8. The molecular formula is C16H20O2. The predicted octanol–water partition coefficient (Wildman–Crippen LogP) is 2.18. The highest BCUT2D eigenvalue weighted by atomic mass is 16.3. The minimum Gasteiger partial charge on any atom is -0.396 e. The van der Waals surface area contributed by atoms with Gasteiger partial charge in [0.1, 0.15) is 6.10 Å². The highest BCUT2D eigenvalue weighted by Gasteiger charge is 2.07. The zero-order valence-electron chi connectivity index (χ0n) is 10.9. The molecular weight excluding hydrogens is 224 g/mol. The summed E-state index contributed by atoms with van der Waals surface area (Å²) in [5.41, 5.74) is 2.16. The first kappa shape index (κ1) is 14.6. The van der Waals surface area contributed by atoms with Crippen molar-refractivity contribution in [3.8, 4) is 23.7 Å². The van der Waals surface area contributed by atoms with Gasteiger partial charge < -0.3 is 10.2 Å². The number of unbranched alkanes of at least 4 members (excludes halogenated alkanes) is 1. The van der Waals surface area contributed by atoms with Gasteiger partial charge in [0.25, 0.3) is 0 Å². The maximum Gasteiger partial charge on any atom is 0.112 e. The molecule has 1 atom stereocenters. The average molecular weight is 244 g/mol. The van der Waals surface area contributed by atoms with Crippen LogP contribution in [0.15, 0.2) is 23.3 Å². The fourth-order valence-electron chi connectivity index (χ4n) is 1.65. The molecule has 1 unspecified atom stereocenters. The van der Waals surface area contributed by atoms with Crippen LogP contribution in [-0.2, 0) is 0 Å². The highest BCUT2D eigenvalue weighted by Crippen LogP contribution is 2.23. The summed E-state index contributed by atoms with van der Waals surface area (Å²) >= 11 is 0. The van der Waals surface area contributed by atoms with Crippen LogP contribution in [0.5, 0.6) is 0 Å². The van der Waals surface area contributed by atoms with Gasteiger partial charge in [0.05, 0.1) is 0 Å². The summed E-state index contributed by atoms with van der Waals surface area (Å²) in [6.45, 7) is 1.85. The third kappa shape index (κ3) is 5.73. The van der Waals surface area contributed by atoms with Crippen LogP contribution in [0.4, 0.5) is 0 Å². The molecule has 0 spiro atoms. The van der Waals surface area contributed by atoms with Gasteiger partial charge in [-0.25, -0.2) is 0 Å². The van der Waals surface area contributed by atoms with Gasteiger partial charge in [0, 0.05) is 18.6 Å². The first-order valence-corrected chi connectivity index (χ1v) is 6.42. The number of hydrogen-bond acceptors (Lipinski definition) is 2. The minimum absolute atomic E-state index is 0.191. The lowest BCUT2D eigenvalue weighted by Crippen LogP contribution is -1.97. The molecule has 2 N–H and O–H groups in total. The van der Waals surface area contributed by atoms with Crippen molar-refractivity contribution in [2.45, 2.75) is 45.1 Å². The van der Waals surface area contributed by atoms with E-state index in [1.807, 2.05) is 6.08 Å². The van der Waals surface area contributed by atoms with Crippen LogP contribution in [0.25, 0.3) is 0 Å². The molecule has 96 valence electrons. The van der Waals surface area contributed by atoms with E-state index in [1.54, 1.807) is 6.92 Å². The Morgan fingerprint density at radius 3 is 3.06 bits per heavy atom. The maximum absolute atomic E-state index is 9.17. The van der Waals surface area contributed by atoms with Gasteiger partial charge in [0.15, 0.2) is 0 Å². The molecule has 0 bridgehead atoms. The zero-order chi connectivity index (χ0) is 13.2. The van der Waals surface area contributed by atoms with Crippen molar-refractivity contribution >= 4 is 0 Å². The second-order valence-corrected chi connectivity index (χ2v) is 4.27. The molecule has 0 radical (unpaired) electrons. The van der Waals surface area contributed by atoms with Crippen molar-refractivity contribution < 1.29 is 10.2 Å². The average Bonchev–Trinajstić information content (AvgIpc) is 2.37. The Morgan fingerprint density at radius 1 is 1.50 bits per heavy atom. The molecule has 2 nitrogen and oxygen atoms in total. The number of aliphatic hydroxyl groups excluding tert-OH is 2. The fraction of sp³-hybridized carbons (Fsp3) is 0.500. The number of allylic oxidation sites excluding steroid dienone is 4. The van der Waals surface area contributed by atoms with E-state index in [1.165, 1.54) is 0 Å². The largest absolute Gasteiger partial charge is 0.396 e. The van der Waals surface area contributed by atoms with Gasteiger partial charge in [0.2, 0.25) is 0 Å². The van der Waals surface area contributed by atoms with E-state index in [0.29, 0.717) is 0 Å². The van der Waals surface area contributed by atoms with Gasteiger partial charge in [-0.15, -0.1) is 0 Å². The quantitative estimate of drug-likeness (QED) is 0.577. The van der Waals surface area contributed by atoms with Gasteiger partial charge in [-0.05, 0) is 44.3 Å². The molecule has 0 aromatic rings. The maximum atomic E-state index is 9.17. The summed E-state index contributed by atoms with van der Waals surface area (Å²) < 4.78 is 0. The predicted molar refractivity (Wildman–Crippen MR) is 73.6 cm³/mol.